The van der Waals surface area contributed by atoms with Crippen LogP contribution in [0.4, 0.5) is 14.7 Å². The van der Waals surface area contributed by atoms with E-state index in [0.717, 1.165) is 35.2 Å². The molecule has 0 atom stereocenters. The van der Waals surface area contributed by atoms with Crippen LogP contribution >= 0.6 is 0 Å². The minimum Gasteiger partial charge on any atom is -0.309 e. The second-order valence-corrected chi connectivity index (χ2v) is 8.58. The maximum atomic E-state index is 13.9. The van der Waals surface area contributed by atoms with Gasteiger partial charge in [-0.25, -0.2) is 23.3 Å². The molecule has 2 aromatic carbocycles. The lowest BCUT2D eigenvalue weighted by Crippen LogP contribution is -2.27. The number of nitrogens with one attached hydrogen (secondary N) is 1. The minimum atomic E-state index is -2.80. The first-order chi connectivity index (χ1) is 18.0. The molecule has 0 spiro atoms. The maximum absolute atomic E-state index is 13.9. The first-order valence-electron chi connectivity index (χ1n) is 12.2. The first-order valence-corrected chi connectivity index (χ1v) is 12.2. The summed E-state index contributed by atoms with van der Waals surface area (Å²) < 4.78 is 30.8. The molecule has 0 saturated carbocycles. The molecule has 0 aliphatic heterocycles. The van der Waals surface area contributed by atoms with E-state index in [4.69, 9.17) is 0 Å². The van der Waals surface area contributed by atoms with Crippen molar-refractivity contribution in [3.63, 3.8) is 0 Å². The largest absolute Gasteiger partial charge is 0.309 e. The molecule has 1 amide bonds. The standard InChI is InChI=1S/C27H27F2N7O/c1-3-34(4-2)14-15-35-22-13-9-8-12-20(22)32-27(35)33-26(37)19-17-30-36-23(24(28)29)16-21(31-25(19)36)18-10-6-5-7-11-18/h5-13,16-17,24H,3-4,14-15H2,1-2H3,(H,32,33,37). The highest BCUT2D eigenvalue weighted by Gasteiger charge is 2.23. The quantitative estimate of drug-likeness (QED) is 0.296. The molecule has 3 heterocycles. The number of rotatable bonds is 9. The van der Waals surface area contributed by atoms with Gasteiger partial charge in [-0.2, -0.15) is 5.10 Å². The van der Waals surface area contributed by atoms with E-state index in [0.29, 0.717) is 23.8 Å². The van der Waals surface area contributed by atoms with Crippen LogP contribution in [-0.4, -0.2) is 54.6 Å². The fraction of sp³-hybridized carbons (Fsp3) is 0.259. The summed E-state index contributed by atoms with van der Waals surface area (Å²) in [7, 11) is 0. The van der Waals surface area contributed by atoms with Crippen molar-refractivity contribution in [1.82, 2.24) is 29.0 Å². The fourth-order valence-electron chi connectivity index (χ4n) is 4.41. The second kappa shape index (κ2) is 10.4. The number of halogens is 2. The fourth-order valence-corrected chi connectivity index (χ4v) is 4.41. The van der Waals surface area contributed by atoms with Gasteiger partial charge in [-0.15, -0.1) is 0 Å². The molecule has 0 bridgehead atoms. The highest BCUT2D eigenvalue weighted by molar-refractivity contribution is 6.08. The maximum Gasteiger partial charge on any atom is 0.280 e. The van der Waals surface area contributed by atoms with E-state index in [1.54, 1.807) is 24.3 Å². The van der Waals surface area contributed by atoms with Crippen molar-refractivity contribution in [2.45, 2.75) is 26.8 Å². The Bertz CT molecular complexity index is 1540. The van der Waals surface area contributed by atoms with Crippen LogP contribution in [0, 0.1) is 0 Å². The number of likely N-dealkylation sites (N-methyl/N-ethyl adjacent to an activating group) is 1. The molecule has 0 aliphatic rings. The molecule has 8 nitrogen and oxygen atoms in total. The van der Waals surface area contributed by atoms with Crippen molar-refractivity contribution >= 4 is 28.5 Å². The number of benzene rings is 2. The zero-order valence-electron chi connectivity index (χ0n) is 20.6. The Morgan fingerprint density at radius 1 is 1.03 bits per heavy atom. The van der Waals surface area contributed by atoms with Crippen LogP contribution in [0.25, 0.3) is 27.9 Å². The van der Waals surface area contributed by atoms with Gasteiger partial charge >= 0.3 is 0 Å². The highest BCUT2D eigenvalue weighted by Crippen LogP contribution is 2.27. The molecule has 0 fully saturated rings. The van der Waals surface area contributed by atoms with Gasteiger partial charge in [-0.05, 0) is 31.3 Å². The zero-order chi connectivity index (χ0) is 25.9. The van der Waals surface area contributed by atoms with Gasteiger partial charge in [0.2, 0.25) is 5.95 Å². The monoisotopic (exact) mass is 503 g/mol. The number of hydrogen-bond acceptors (Lipinski definition) is 5. The van der Waals surface area contributed by atoms with Crippen LogP contribution in [0.1, 0.15) is 36.3 Å². The van der Waals surface area contributed by atoms with Gasteiger partial charge in [0.15, 0.2) is 5.65 Å². The van der Waals surface area contributed by atoms with Crippen LogP contribution in [-0.2, 0) is 6.54 Å². The molecule has 5 aromatic rings. The first kappa shape index (κ1) is 24.5. The van der Waals surface area contributed by atoms with Crippen LogP contribution < -0.4 is 5.32 Å². The van der Waals surface area contributed by atoms with E-state index in [1.165, 1.54) is 12.3 Å². The van der Waals surface area contributed by atoms with E-state index >= 15 is 0 Å². The Morgan fingerprint density at radius 2 is 1.76 bits per heavy atom. The number of anilines is 1. The van der Waals surface area contributed by atoms with Crippen LogP contribution in [0.3, 0.4) is 0 Å². The average Bonchev–Trinajstić information content (AvgIpc) is 3.50. The SMILES string of the molecule is CCN(CC)CCn1c(NC(=O)c2cnn3c(C(F)F)cc(-c4ccccc4)nc23)nc2ccccc21. The molecule has 0 unspecified atom stereocenters. The van der Waals surface area contributed by atoms with Gasteiger partial charge < -0.3 is 9.47 Å². The van der Waals surface area contributed by atoms with Gasteiger partial charge in [0.25, 0.3) is 12.3 Å². The number of para-hydroxylation sites is 2. The molecule has 5 rings (SSSR count). The predicted octanol–water partition coefficient (Wildman–Crippen LogP) is 5.28. The molecule has 37 heavy (non-hydrogen) atoms. The summed E-state index contributed by atoms with van der Waals surface area (Å²) in [5.74, 6) is -0.140. The van der Waals surface area contributed by atoms with E-state index in [2.05, 4.69) is 39.1 Å². The van der Waals surface area contributed by atoms with Crippen molar-refractivity contribution in [2.75, 3.05) is 25.0 Å². The number of carbonyl (C=O) groups excluding carboxylic acids is 1. The summed E-state index contributed by atoms with van der Waals surface area (Å²) in [6.45, 7) is 7.44. The number of amides is 1. The number of nitrogens with zero attached hydrogens (tertiary/aromatic N) is 6. The third-order valence-corrected chi connectivity index (χ3v) is 6.45. The van der Waals surface area contributed by atoms with Crippen molar-refractivity contribution in [2.24, 2.45) is 0 Å². The normalized spacial score (nSPS) is 11.7. The van der Waals surface area contributed by atoms with Gasteiger partial charge in [-0.3, -0.25) is 10.1 Å². The van der Waals surface area contributed by atoms with E-state index < -0.39 is 12.3 Å². The van der Waals surface area contributed by atoms with Gasteiger partial charge in [0, 0.05) is 18.7 Å². The molecule has 10 heteroatoms. The summed E-state index contributed by atoms with van der Waals surface area (Å²) in [5, 5.41) is 6.94. The third-order valence-electron chi connectivity index (χ3n) is 6.45. The Labute approximate surface area is 212 Å². The van der Waals surface area contributed by atoms with Crippen LogP contribution in [0.15, 0.2) is 66.9 Å². The van der Waals surface area contributed by atoms with Crippen molar-refractivity contribution in [3.8, 4) is 11.3 Å². The zero-order valence-corrected chi connectivity index (χ0v) is 20.6. The number of imidazole rings is 1. The Balaban J connectivity index is 1.53. The lowest BCUT2D eigenvalue weighted by Gasteiger charge is -2.19. The summed E-state index contributed by atoms with van der Waals surface area (Å²) in [4.78, 5) is 24.9. The molecule has 0 radical (unpaired) electrons. The number of hydrogen-bond donors (Lipinski definition) is 1. The summed E-state index contributed by atoms with van der Waals surface area (Å²) in [6, 6.07) is 18.0. The minimum absolute atomic E-state index is 0.0555. The number of carbonyl (C=O) groups is 1. The summed E-state index contributed by atoms with van der Waals surface area (Å²) in [6.07, 6.45) is -1.53. The second-order valence-electron chi connectivity index (χ2n) is 8.58. The molecule has 1 N–H and O–H groups in total. The third kappa shape index (κ3) is 4.79. The lowest BCUT2D eigenvalue weighted by molar-refractivity contribution is 0.102. The van der Waals surface area contributed by atoms with E-state index in [1.807, 2.05) is 34.9 Å². The topological polar surface area (TPSA) is 80.3 Å². The van der Waals surface area contributed by atoms with Crippen LogP contribution in [0.2, 0.25) is 0 Å². The summed E-state index contributed by atoms with van der Waals surface area (Å²) in [5.41, 5.74) is 2.45. The Hall–Kier alpha value is -4.18. The van der Waals surface area contributed by atoms with E-state index in [-0.39, 0.29) is 16.9 Å². The lowest BCUT2D eigenvalue weighted by atomic mass is 10.1. The van der Waals surface area contributed by atoms with Gasteiger partial charge in [0.1, 0.15) is 11.3 Å². The average molecular weight is 504 g/mol. The molecule has 0 aliphatic carbocycles. The highest BCUT2D eigenvalue weighted by atomic mass is 19.3. The Kier molecular flexibility index (Phi) is 6.91. The van der Waals surface area contributed by atoms with E-state index in [9.17, 15) is 13.6 Å². The summed E-state index contributed by atoms with van der Waals surface area (Å²) >= 11 is 0. The smallest absolute Gasteiger partial charge is 0.280 e. The molecule has 190 valence electrons. The number of aromatic nitrogens is 5. The number of alkyl halides is 2. The number of fused-ring (bicyclic) bond motifs is 2. The van der Waals surface area contributed by atoms with Crippen molar-refractivity contribution in [3.05, 3.63) is 78.1 Å². The van der Waals surface area contributed by atoms with Crippen molar-refractivity contribution < 1.29 is 13.6 Å². The predicted molar refractivity (Wildman–Crippen MR) is 139 cm³/mol. The van der Waals surface area contributed by atoms with Gasteiger partial charge in [-0.1, -0.05) is 56.3 Å². The Morgan fingerprint density at radius 3 is 2.49 bits per heavy atom. The molecule has 0 saturated heterocycles. The van der Waals surface area contributed by atoms with Crippen molar-refractivity contribution in [1.29, 1.82) is 0 Å². The molecular formula is C27H27F2N7O. The molecular weight excluding hydrogens is 476 g/mol. The van der Waals surface area contributed by atoms with Crippen LogP contribution in [0.5, 0.6) is 0 Å². The van der Waals surface area contributed by atoms with Gasteiger partial charge in [0.05, 0.1) is 22.9 Å². The molecule has 3 aromatic heterocycles.